The monoisotopic (exact) mass is 197 g/mol. The minimum atomic E-state index is -0.511. The smallest absolute Gasteiger partial charge is 0.327 e. The normalized spacial score (nSPS) is 11.9. The molecule has 0 aliphatic heterocycles. The first kappa shape index (κ1) is 10.2. The summed E-state index contributed by atoms with van der Waals surface area (Å²) < 4.78 is 4.51. The molecule has 0 aromatic carbocycles. The molecule has 6 heteroatoms. The molecule has 76 valence electrons. The van der Waals surface area contributed by atoms with Gasteiger partial charge in [0.25, 0.3) is 5.56 Å². The number of methoxy groups -OCH3 is 1. The minimum Gasteiger partial charge on any atom is -0.467 e. The SMILES string of the molecule is COC(=O)C(C)Nc1cn[nH]c(=O)c1. The Hall–Kier alpha value is -1.85. The van der Waals surface area contributed by atoms with Crippen LogP contribution in [-0.2, 0) is 9.53 Å². The molecular weight excluding hydrogens is 186 g/mol. The number of nitrogens with zero attached hydrogens (tertiary/aromatic N) is 1. The molecule has 1 rings (SSSR count). The maximum absolute atomic E-state index is 11.0. The van der Waals surface area contributed by atoms with Crippen molar-refractivity contribution in [2.45, 2.75) is 13.0 Å². The summed E-state index contributed by atoms with van der Waals surface area (Å²) in [6, 6.07) is 0.801. The van der Waals surface area contributed by atoms with Crippen molar-refractivity contribution in [3.63, 3.8) is 0 Å². The number of H-pyrrole nitrogens is 1. The van der Waals surface area contributed by atoms with E-state index in [2.05, 4.69) is 20.3 Å². The van der Waals surface area contributed by atoms with Crippen molar-refractivity contribution in [2.75, 3.05) is 12.4 Å². The van der Waals surface area contributed by atoms with Gasteiger partial charge < -0.3 is 10.1 Å². The maximum Gasteiger partial charge on any atom is 0.327 e. The number of carbonyl (C=O) groups excluding carboxylic acids is 1. The van der Waals surface area contributed by atoms with Crippen molar-refractivity contribution in [1.82, 2.24) is 10.2 Å². The zero-order valence-electron chi connectivity index (χ0n) is 7.90. The number of rotatable bonds is 3. The number of nitrogens with one attached hydrogen (secondary N) is 2. The van der Waals surface area contributed by atoms with Gasteiger partial charge in [0, 0.05) is 6.07 Å². The summed E-state index contributed by atoms with van der Waals surface area (Å²) in [5.74, 6) is -0.398. The van der Waals surface area contributed by atoms with Crippen LogP contribution < -0.4 is 10.9 Å². The number of carbonyl (C=O) groups is 1. The van der Waals surface area contributed by atoms with Gasteiger partial charge in [-0.15, -0.1) is 0 Å². The molecule has 0 fully saturated rings. The first-order valence-corrected chi connectivity index (χ1v) is 4.02. The van der Waals surface area contributed by atoms with Crippen LogP contribution in [0.1, 0.15) is 6.92 Å². The molecule has 1 atom stereocenters. The number of ether oxygens (including phenoxy) is 1. The summed E-state index contributed by atoms with van der Waals surface area (Å²) in [4.78, 5) is 21.8. The molecule has 0 aliphatic carbocycles. The lowest BCUT2D eigenvalue weighted by atomic mass is 10.3. The number of hydrogen-bond acceptors (Lipinski definition) is 5. The third-order valence-corrected chi connectivity index (χ3v) is 1.60. The zero-order valence-corrected chi connectivity index (χ0v) is 7.90. The Labute approximate surface area is 80.3 Å². The average molecular weight is 197 g/mol. The quantitative estimate of drug-likeness (QED) is 0.652. The van der Waals surface area contributed by atoms with Crippen LogP contribution in [0.3, 0.4) is 0 Å². The van der Waals surface area contributed by atoms with Crippen LogP contribution >= 0.6 is 0 Å². The van der Waals surface area contributed by atoms with E-state index in [0.717, 1.165) is 0 Å². The second-order valence-corrected chi connectivity index (χ2v) is 2.72. The predicted octanol–water partition coefficient (Wildman–Crippen LogP) is -0.257. The highest BCUT2D eigenvalue weighted by Gasteiger charge is 2.12. The van der Waals surface area contributed by atoms with Gasteiger partial charge in [0.2, 0.25) is 0 Å². The topological polar surface area (TPSA) is 84.1 Å². The van der Waals surface area contributed by atoms with Gasteiger partial charge in [-0.3, -0.25) is 4.79 Å². The van der Waals surface area contributed by atoms with Crippen molar-refractivity contribution in [3.8, 4) is 0 Å². The van der Waals surface area contributed by atoms with E-state index in [-0.39, 0.29) is 5.56 Å². The molecular formula is C8H11N3O3. The number of aromatic nitrogens is 2. The highest BCUT2D eigenvalue weighted by Crippen LogP contribution is 2.02. The molecule has 0 bridgehead atoms. The molecule has 0 amide bonds. The zero-order chi connectivity index (χ0) is 10.6. The summed E-state index contributed by atoms with van der Waals surface area (Å²) in [7, 11) is 1.30. The van der Waals surface area contributed by atoms with Crippen molar-refractivity contribution < 1.29 is 9.53 Å². The molecule has 0 aliphatic rings. The Morgan fingerprint density at radius 1 is 1.71 bits per heavy atom. The fourth-order valence-electron chi connectivity index (χ4n) is 0.941. The third-order valence-electron chi connectivity index (χ3n) is 1.60. The maximum atomic E-state index is 11.0. The van der Waals surface area contributed by atoms with Crippen LogP contribution in [0.4, 0.5) is 5.69 Å². The lowest BCUT2D eigenvalue weighted by Crippen LogP contribution is -2.27. The largest absolute Gasteiger partial charge is 0.467 e. The van der Waals surface area contributed by atoms with Crippen LogP contribution in [0.2, 0.25) is 0 Å². The van der Waals surface area contributed by atoms with Gasteiger partial charge in [-0.1, -0.05) is 0 Å². The third kappa shape index (κ3) is 2.58. The predicted molar refractivity (Wildman–Crippen MR) is 50.0 cm³/mol. The second kappa shape index (κ2) is 4.40. The molecule has 0 saturated carbocycles. The molecule has 14 heavy (non-hydrogen) atoms. The summed E-state index contributed by atoms with van der Waals surface area (Å²) in [6.45, 7) is 1.63. The second-order valence-electron chi connectivity index (χ2n) is 2.72. The Morgan fingerprint density at radius 2 is 2.43 bits per heavy atom. The highest BCUT2D eigenvalue weighted by molar-refractivity contribution is 5.78. The van der Waals surface area contributed by atoms with Gasteiger partial charge in [-0.2, -0.15) is 5.10 Å². The summed E-state index contributed by atoms with van der Waals surface area (Å²) >= 11 is 0. The summed E-state index contributed by atoms with van der Waals surface area (Å²) in [6.07, 6.45) is 1.42. The number of esters is 1. The van der Waals surface area contributed by atoms with Crippen LogP contribution in [0, 0.1) is 0 Å². The fourth-order valence-corrected chi connectivity index (χ4v) is 0.941. The fraction of sp³-hybridized carbons (Fsp3) is 0.375. The van der Waals surface area contributed by atoms with Gasteiger partial charge in [-0.25, -0.2) is 9.89 Å². The molecule has 1 unspecified atom stereocenters. The van der Waals surface area contributed by atoms with Gasteiger partial charge in [0.15, 0.2) is 0 Å². The van der Waals surface area contributed by atoms with E-state index in [1.165, 1.54) is 19.4 Å². The Kier molecular flexibility index (Phi) is 3.22. The van der Waals surface area contributed by atoms with Crippen LogP contribution in [0.15, 0.2) is 17.1 Å². The molecule has 0 radical (unpaired) electrons. The molecule has 1 aromatic rings. The summed E-state index contributed by atoms with van der Waals surface area (Å²) in [5.41, 5.74) is 0.152. The van der Waals surface area contributed by atoms with E-state index >= 15 is 0 Å². The molecule has 6 nitrogen and oxygen atoms in total. The first-order chi connectivity index (χ1) is 6.63. The van der Waals surface area contributed by atoms with Gasteiger partial charge >= 0.3 is 5.97 Å². The molecule has 0 saturated heterocycles. The van der Waals surface area contributed by atoms with E-state index in [9.17, 15) is 9.59 Å². The summed E-state index contributed by atoms with van der Waals surface area (Å²) in [5, 5.41) is 8.57. The van der Waals surface area contributed by atoms with Gasteiger partial charge in [0.05, 0.1) is 19.0 Å². The van der Waals surface area contributed by atoms with E-state index < -0.39 is 12.0 Å². The Morgan fingerprint density at radius 3 is 3.00 bits per heavy atom. The van der Waals surface area contributed by atoms with E-state index in [1.54, 1.807) is 6.92 Å². The Balaban J connectivity index is 2.69. The molecule has 1 aromatic heterocycles. The number of anilines is 1. The van der Waals surface area contributed by atoms with Crippen LogP contribution in [0.5, 0.6) is 0 Å². The van der Waals surface area contributed by atoms with Crippen molar-refractivity contribution in [3.05, 3.63) is 22.6 Å². The van der Waals surface area contributed by atoms with Gasteiger partial charge in [-0.05, 0) is 6.92 Å². The molecule has 0 spiro atoms. The lowest BCUT2D eigenvalue weighted by Gasteiger charge is -2.11. The van der Waals surface area contributed by atoms with Crippen molar-refractivity contribution in [2.24, 2.45) is 0 Å². The number of hydrogen-bond donors (Lipinski definition) is 2. The van der Waals surface area contributed by atoms with Crippen molar-refractivity contribution >= 4 is 11.7 Å². The molecule has 1 heterocycles. The highest BCUT2D eigenvalue weighted by atomic mass is 16.5. The standard InChI is InChI=1S/C8H11N3O3/c1-5(8(13)14-2)10-6-3-7(12)11-9-4-6/h3-5H,1-2H3,(H2,10,11,12). The van der Waals surface area contributed by atoms with E-state index in [0.29, 0.717) is 5.69 Å². The average Bonchev–Trinajstić information content (AvgIpc) is 2.16. The van der Waals surface area contributed by atoms with E-state index in [1.807, 2.05) is 0 Å². The van der Waals surface area contributed by atoms with Crippen LogP contribution in [-0.4, -0.2) is 29.3 Å². The molecule has 2 N–H and O–H groups in total. The minimum absolute atomic E-state index is 0.327. The number of aromatic amines is 1. The lowest BCUT2D eigenvalue weighted by molar-refractivity contribution is -0.141. The van der Waals surface area contributed by atoms with E-state index in [4.69, 9.17) is 0 Å². The Bertz CT molecular complexity index is 374. The van der Waals surface area contributed by atoms with Crippen LogP contribution in [0.25, 0.3) is 0 Å². The van der Waals surface area contributed by atoms with Crippen molar-refractivity contribution in [1.29, 1.82) is 0 Å². The first-order valence-electron chi connectivity index (χ1n) is 4.02. The van der Waals surface area contributed by atoms with Gasteiger partial charge in [0.1, 0.15) is 6.04 Å².